The zero-order chi connectivity index (χ0) is 17.5. The van der Waals surface area contributed by atoms with Gasteiger partial charge in [0.1, 0.15) is 11.6 Å². The number of carbonyl (C=O) groups excluding carboxylic acids is 3. The highest BCUT2D eigenvalue weighted by atomic mass is 16.1. The number of carbonyl (C=O) groups is 3. The predicted octanol–water partition coefficient (Wildman–Crippen LogP) is 2.74. The van der Waals surface area contributed by atoms with E-state index in [1.54, 1.807) is 6.08 Å². The number of hydrogen-bond acceptors (Lipinski definition) is 4. The van der Waals surface area contributed by atoms with Gasteiger partial charge in [0.05, 0.1) is 0 Å². The maximum absolute atomic E-state index is 13.3. The number of nitrogens with two attached hydrogens (primary N) is 1. The van der Waals surface area contributed by atoms with Gasteiger partial charge in [-0.15, -0.1) is 0 Å². The van der Waals surface area contributed by atoms with E-state index in [9.17, 15) is 14.4 Å². The van der Waals surface area contributed by atoms with E-state index in [1.807, 2.05) is 6.92 Å². The average molecular weight is 329 g/mol. The van der Waals surface area contributed by atoms with Gasteiger partial charge in [0, 0.05) is 41.5 Å². The summed E-state index contributed by atoms with van der Waals surface area (Å²) >= 11 is 0. The molecule has 0 bridgehead atoms. The van der Waals surface area contributed by atoms with Crippen LogP contribution in [0.1, 0.15) is 65.7 Å². The van der Waals surface area contributed by atoms with Crippen molar-refractivity contribution >= 4 is 17.3 Å². The van der Waals surface area contributed by atoms with Crippen molar-refractivity contribution in [2.75, 3.05) is 0 Å². The fraction of sp³-hybridized carbons (Fsp3) is 0.750. The fourth-order valence-electron chi connectivity index (χ4n) is 6.67. The van der Waals surface area contributed by atoms with Gasteiger partial charge < -0.3 is 5.73 Å². The molecule has 2 N–H and O–H groups in total. The summed E-state index contributed by atoms with van der Waals surface area (Å²) in [5, 5.41) is 0. The molecule has 0 heterocycles. The molecular weight excluding hydrogens is 302 g/mol. The van der Waals surface area contributed by atoms with E-state index in [1.165, 1.54) is 0 Å². The monoisotopic (exact) mass is 329 g/mol. The van der Waals surface area contributed by atoms with Crippen molar-refractivity contribution in [1.29, 1.82) is 0 Å². The summed E-state index contributed by atoms with van der Waals surface area (Å²) in [6, 6.07) is 0. The first-order valence-electron chi connectivity index (χ1n) is 9.17. The molecule has 3 saturated carbocycles. The van der Waals surface area contributed by atoms with E-state index in [2.05, 4.69) is 13.8 Å². The molecule has 4 heteroatoms. The van der Waals surface area contributed by atoms with Gasteiger partial charge in [-0.05, 0) is 37.2 Å². The van der Waals surface area contributed by atoms with Crippen LogP contribution in [0.4, 0.5) is 0 Å². The van der Waals surface area contributed by atoms with Gasteiger partial charge in [0.15, 0.2) is 5.78 Å². The van der Waals surface area contributed by atoms with Gasteiger partial charge >= 0.3 is 0 Å². The highest BCUT2D eigenvalue weighted by Gasteiger charge is 2.73. The number of ketones is 3. The van der Waals surface area contributed by atoms with Crippen molar-refractivity contribution in [3.8, 4) is 0 Å². The zero-order valence-corrected chi connectivity index (χ0v) is 14.9. The quantitative estimate of drug-likeness (QED) is 0.741. The molecule has 0 aromatic rings. The molecular formula is C20H27NO3. The lowest BCUT2D eigenvalue weighted by atomic mass is 9.39. The van der Waals surface area contributed by atoms with Crippen LogP contribution >= 0.6 is 0 Å². The van der Waals surface area contributed by atoms with E-state index in [0.717, 1.165) is 18.4 Å². The van der Waals surface area contributed by atoms with Crippen LogP contribution in [0.2, 0.25) is 0 Å². The second-order valence-corrected chi connectivity index (χ2v) is 9.26. The standard InChI is InChI=1S/C20H27NO3/c1-17-7-5-13(22)10-12(17)4-9-20(21)16(17)14(23)11-18(2)15(24)6-8-19(18,20)3/h10,16H,4-9,11,21H2,1-3H3/t16?,17-,18+,19?,20-/m0/s1. The maximum atomic E-state index is 13.3. The summed E-state index contributed by atoms with van der Waals surface area (Å²) < 4.78 is 0. The maximum Gasteiger partial charge on any atom is 0.155 e. The Hall–Kier alpha value is -1.29. The van der Waals surface area contributed by atoms with E-state index in [-0.39, 0.29) is 34.1 Å². The third kappa shape index (κ3) is 1.56. The topological polar surface area (TPSA) is 77.2 Å². The van der Waals surface area contributed by atoms with E-state index >= 15 is 0 Å². The van der Waals surface area contributed by atoms with Crippen LogP contribution in [0, 0.1) is 22.2 Å². The summed E-state index contributed by atoms with van der Waals surface area (Å²) in [6.07, 6.45) is 6.04. The van der Waals surface area contributed by atoms with Gasteiger partial charge in [0.2, 0.25) is 0 Å². The van der Waals surface area contributed by atoms with Gasteiger partial charge in [0.25, 0.3) is 0 Å². The first kappa shape index (κ1) is 16.2. The highest BCUT2D eigenvalue weighted by molar-refractivity contribution is 5.98. The zero-order valence-electron chi connectivity index (χ0n) is 14.9. The number of allylic oxidation sites excluding steroid dienone is 1. The molecule has 0 saturated heterocycles. The lowest BCUT2D eigenvalue weighted by Gasteiger charge is -2.65. The minimum Gasteiger partial charge on any atom is -0.324 e. The molecule has 0 aromatic heterocycles. The summed E-state index contributed by atoms with van der Waals surface area (Å²) in [6.45, 7) is 6.23. The van der Waals surface area contributed by atoms with E-state index in [0.29, 0.717) is 32.1 Å². The molecule has 4 aliphatic rings. The molecule has 4 rings (SSSR count). The van der Waals surface area contributed by atoms with Crippen LogP contribution in [0.15, 0.2) is 11.6 Å². The Balaban J connectivity index is 1.90. The van der Waals surface area contributed by atoms with Crippen molar-refractivity contribution in [1.82, 2.24) is 0 Å². The van der Waals surface area contributed by atoms with Crippen LogP contribution in [-0.4, -0.2) is 22.9 Å². The average Bonchev–Trinajstić information content (AvgIpc) is 2.73. The van der Waals surface area contributed by atoms with Crippen molar-refractivity contribution in [3.05, 3.63) is 11.6 Å². The Morgan fingerprint density at radius 2 is 1.71 bits per heavy atom. The Bertz CT molecular complexity index is 710. The molecule has 4 aliphatic carbocycles. The predicted molar refractivity (Wildman–Crippen MR) is 90.2 cm³/mol. The number of hydrogen-bond donors (Lipinski definition) is 1. The van der Waals surface area contributed by atoms with Gasteiger partial charge in [-0.25, -0.2) is 0 Å². The first-order valence-corrected chi connectivity index (χ1v) is 9.17. The van der Waals surface area contributed by atoms with Crippen LogP contribution in [-0.2, 0) is 14.4 Å². The molecule has 0 radical (unpaired) electrons. The normalized spacial score (nSPS) is 50.9. The van der Waals surface area contributed by atoms with Crippen LogP contribution in [0.3, 0.4) is 0 Å². The second-order valence-electron chi connectivity index (χ2n) is 9.26. The molecule has 3 fully saturated rings. The van der Waals surface area contributed by atoms with Crippen molar-refractivity contribution < 1.29 is 14.4 Å². The molecule has 0 aliphatic heterocycles. The highest BCUT2D eigenvalue weighted by Crippen LogP contribution is 2.69. The first-order chi connectivity index (χ1) is 11.1. The van der Waals surface area contributed by atoms with Crippen molar-refractivity contribution in [2.45, 2.75) is 71.3 Å². The number of Topliss-reactive ketones (excluding diaryl/α,β-unsaturated/α-hetero) is 2. The van der Waals surface area contributed by atoms with Crippen molar-refractivity contribution in [3.63, 3.8) is 0 Å². The SMILES string of the molecule is CC12CCC(=O)[C@@]1(C)CC(=O)C1[C@@]3(C)CCC(=O)C=C3CC[C@]12N. The summed E-state index contributed by atoms with van der Waals surface area (Å²) in [4.78, 5) is 37.8. The van der Waals surface area contributed by atoms with E-state index < -0.39 is 11.0 Å². The lowest BCUT2D eigenvalue weighted by molar-refractivity contribution is -0.165. The lowest BCUT2D eigenvalue weighted by Crippen LogP contribution is -2.74. The number of fused-ring (bicyclic) bond motifs is 5. The second kappa shape index (κ2) is 4.46. The Labute approximate surface area is 143 Å². The molecule has 4 nitrogen and oxygen atoms in total. The van der Waals surface area contributed by atoms with Crippen molar-refractivity contribution in [2.24, 2.45) is 27.9 Å². The number of rotatable bonds is 0. The minimum absolute atomic E-state index is 0.134. The Kier molecular flexibility index (Phi) is 3.01. The summed E-state index contributed by atoms with van der Waals surface area (Å²) in [7, 11) is 0. The van der Waals surface area contributed by atoms with Gasteiger partial charge in [-0.2, -0.15) is 0 Å². The smallest absolute Gasteiger partial charge is 0.155 e. The van der Waals surface area contributed by atoms with Gasteiger partial charge in [-0.1, -0.05) is 26.3 Å². The molecule has 5 atom stereocenters. The van der Waals surface area contributed by atoms with Crippen LogP contribution in [0.25, 0.3) is 0 Å². The summed E-state index contributed by atoms with van der Waals surface area (Å²) in [5.74, 6) is 0.228. The Morgan fingerprint density at radius 1 is 1.00 bits per heavy atom. The molecule has 2 unspecified atom stereocenters. The van der Waals surface area contributed by atoms with Gasteiger partial charge in [-0.3, -0.25) is 14.4 Å². The van der Waals surface area contributed by atoms with Crippen LogP contribution in [0.5, 0.6) is 0 Å². The Morgan fingerprint density at radius 3 is 2.42 bits per heavy atom. The third-order valence-electron chi connectivity index (χ3n) is 8.48. The van der Waals surface area contributed by atoms with Crippen LogP contribution < -0.4 is 5.73 Å². The molecule has 0 spiro atoms. The summed E-state index contributed by atoms with van der Waals surface area (Å²) in [5.41, 5.74) is 6.22. The molecule has 130 valence electrons. The molecule has 0 aromatic carbocycles. The largest absolute Gasteiger partial charge is 0.324 e. The molecule has 0 amide bonds. The third-order valence-corrected chi connectivity index (χ3v) is 8.48. The molecule has 24 heavy (non-hydrogen) atoms. The fourth-order valence-corrected chi connectivity index (χ4v) is 6.67. The minimum atomic E-state index is -0.657. The van der Waals surface area contributed by atoms with E-state index in [4.69, 9.17) is 5.73 Å².